The van der Waals surface area contributed by atoms with Crippen molar-refractivity contribution < 1.29 is 24.2 Å². The fraction of sp³-hybridized carbons (Fsp3) is 0.833. The minimum atomic E-state index is -0.997. The lowest BCUT2D eigenvalue weighted by Gasteiger charge is -2.35. The smallest absolute Gasteiger partial charge is 0.234 e. The number of carbonyl (C=O) groups is 1. The van der Waals surface area contributed by atoms with Gasteiger partial charge in [-0.1, -0.05) is 5.16 Å². The highest BCUT2D eigenvalue weighted by atomic mass is 16.6. The Morgan fingerprint density at radius 2 is 2.05 bits per heavy atom. The van der Waals surface area contributed by atoms with Crippen molar-refractivity contribution in [2.24, 2.45) is 16.3 Å². The second kappa shape index (κ2) is 6.87. The Balaban J connectivity index is 1.96. The number of nitrogens with one attached hydrogen (secondary N) is 1. The number of amides is 1. The minimum Gasteiger partial charge on any atom is -0.409 e. The van der Waals surface area contributed by atoms with E-state index in [0.717, 1.165) is 0 Å². The van der Waals surface area contributed by atoms with Gasteiger partial charge in [-0.3, -0.25) is 4.79 Å². The van der Waals surface area contributed by atoms with Gasteiger partial charge in [0.25, 0.3) is 0 Å². The van der Waals surface area contributed by atoms with E-state index in [4.69, 9.17) is 25.2 Å². The van der Waals surface area contributed by atoms with Crippen LogP contribution in [-0.4, -0.2) is 62.6 Å². The zero-order chi connectivity index (χ0) is 14.4. The van der Waals surface area contributed by atoms with E-state index in [1.165, 1.54) is 0 Å². The zero-order valence-corrected chi connectivity index (χ0v) is 11.3. The Morgan fingerprint density at radius 1 is 1.30 bits per heavy atom. The summed E-state index contributed by atoms with van der Waals surface area (Å²) < 4.78 is 16.0. The Kier molecular flexibility index (Phi) is 5.16. The summed E-state index contributed by atoms with van der Waals surface area (Å²) in [5.41, 5.74) is 4.72. The quantitative estimate of drug-likeness (QED) is 0.266. The molecule has 8 heteroatoms. The molecule has 2 heterocycles. The molecule has 0 saturated carbocycles. The number of hydrogen-bond acceptors (Lipinski definition) is 6. The third-order valence-electron chi connectivity index (χ3n) is 3.75. The summed E-state index contributed by atoms with van der Waals surface area (Å²) in [7, 11) is 0. The molecule has 2 aliphatic heterocycles. The molecule has 1 amide bonds. The molecule has 2 rings (SSSR count). The SMILES string of the molecule is NC(=NO)C1(C(=O)NCC2COCCO2)CCOCC1. The molecule has 4 N–H and O–H groups in total. The van der Waals surface area contributed by atoms with Crippen molar-refractivity contribution >= 4 is 11.7 Å². The first-order valence-electron chi connectivity index (χ1n) is 6.72. The molecule has 1 atom stereocenters. The van der Waals surface area contributed by atoms with Crippen LogP contribution in [0, 0.1) is 5.41 Å². The molecular formula is C12H21N3O5. The van der Waals surface area contributed by atoms with E-state index in [0.29, 0.717) is 52.4 Å². The lowest BCUT2D eigenvalue weighted by Crippen LogP contribution is -2.54. The van der Waals surface area contributed by atoms with Crippen LogP contribution in [-0.2, 0) is 19.0 Å². The van der Waals surface area contributed by atoms with Crippen LogP contribution in [0.15, 0.2) is 5.16 Å². The van der Waals surface area contributed by atoms with Crippen molar-refractivity contribution in [3.05, 3.63) is 0 Å². The van der Waals surface area contributed by atoms with E-state index in [2.05, 4.69) is 10.5 Å². The molecule has 114 valence electrons. The summed E-state index contributed by atoms with van der Waals surface area (Å²) in [5, 5.41) is 14.7. The van der Waals surface area contributed by atoms with Gasteiger partial charge in [0, 0.05) is 19.8 Å². The van der Waals surface area contributed by atoms with Crippen LogP contribution in [0.25, 0.3) is 0 Å². The Labute approximate surface area is 117 Å². The van der Waals surface area contributed by atoms with Gasteiger partial charge in [0.1, 0.15) is 5.41 Å². The van der Waals surface area contributed by atoms with Crippen LogP contribution in [0.5, 0.6) is 0 Å². The lowest BCUT2D eigenvalue weighted by atomic mass is 9.78. The summed E-state index contributed by atoms with van der Waals surface area (Å²) >= 11 is 0. The van der Waals surface area contributed by atoms with Crippen LogP contribution >= 0.6 is 0 Å². The molecule has 0 aromatic heterocycles. The molecule has 0 aliphatic carbocycles. The lowest BCUT2D eigenvalue weighted by molar-refractivity contribution is -0.134. The standard InChI is InChI=1S/C12H21N3O5/c13-10(15-17)12(1-3-18-4-2-12)11(16)14-7-9-8-19-5-6-20-9/h9,17H,1-8H2,(H2,13,15)(H,14,16). The second-order valence-electron chi connectivity index (χ2n) is 4.96. The fourth-order valence-corrected chi connectivity index (χ4v) is 2.45. The molecule has 8 nitrogen and oxygen atoms in total. The van der Waals surface area contributed by atoms with Crippen molar-refractivity contribution in [3.8, 4) is 0 Å². The largest absolute Gasteiger partial charge is 0.409 e. The van der Waals surface area contributed by atoms with Crippen molar-refractivity contribution in [2.45, 2.75) is 18.9 Å². The Morgan fingerprint density at radius 3 is 2.65 bits per heavy atom. The molecule has 0 radical (unpaired) electrons. The average molecular weight is 287 g/mol. The van der Waals surface area contributed by atoms with Crippen LogP contribution < -0.4 is 11.1 Å². The maximum absolute atomic E-state index is 12.4. The van der Waals surface area contributed by atoms with Gasteiger partial charge in [-0.2, -0.15) is 0 Å². The number of hydrogen-bond donors (Lipinski definition) is 3. The topological polar surface area (TPSA) is 115 Å². The first-order chi connectivity index (χ1) is 9.69. The van der Waals surface area contributed by atoms with Crippen molar-refractivity contribution in [1.82, 2.24) is 5.32 Å². The van der Waals surface area contributed by atoms with Crippen molar-refractivity contribution in [1.29, 1.82) is 0 Å². The molecule has 2 saturated heterocycles. The third-order valence-corrected chi connectivity index (χ3v) is 3.75. The highest BCUT2D eigenvalue weighted by Gasteiger charge is 2.44. The van der Waals surface area contributed by atoms with Gasteiger partial charge in [-0.15, -0.1) is 0 Å². The fourth-order valence-electron chi connectivity index (χ4n) is 2.45. The van der Waals surface area contributed by atoms with E-state index in [9.17, 15) is 4.79 Å². The summed E-state index contributed by atoms with van der Waals surface area (Å²) in [6.07, 6.45) is 0.643. The minimum absolute atomic E-state index is 0.0703. The Hall–Kier alpha value is -1.38. The normalized spacial score (nSPS) is 27.0. The first-order valence-corrected chi connectivity index (χ1v) is 6.72. The number of oxime groups is 1. The van der Waals surface area contributed by atoms with E-state index in [-0.39, 0.29) is 17.8 Å². The highest BCUT2D eigenvalue weighted by molar-refractivity contribution is 6.06. The number of nitrogens with zero attached hydrogens (tertiary/aromatic N) is 1. The number of amidine groups is 1. The summed E-state index contributed by atoms with van der Waals surface area (Å²) in [4.78, 5) is 12.4. The molecular weight excluding hydrogens is 266 g/mol. The summed E-state index contributed by atoms with van der Waals surface area (Å²) in [5.74, 6) is -0.329. The molecule has 0 aromatic rings. The predicted molar refractivity (Wildman–Crippen MR) is 69.5 cm³/mol. The number of nitrogens with two attached hydrogens (primary N) is 1. The first kappa shape index (κ1) is 15.0. The van der Waals surface area contributed by atoms with E-state index < -0.39 is 5.41 Å². The molecule has 0 aromatic carbocycles. The monoisotopic (exact) mass is 287 g/mol. The van der Waals surface area contributed by atoms with Crippen molar-refractivity contribution in [2.75, 3.05) is 39.6 Å². The summed E-state index contributed by atoms with van der Waals surface area (Å²) in [6.45, 7) is 2.73. The number of carbonyl (C=O) groups excluding carboxylic acids is 1. The van der Waals surface area contributed by atoms with Gasteiger partial charge in [-0.25, -0.2) is 0 Å². The molecule has 0 bridgehead atoms. The van der Waals surface area contributed by atoms with Gasteiger partial charge in [0.15, 0.2) is 5.84 Å². The van der Waals surface area contributed by atoms with E-state index >= 15 is 0 Å². The molecule has 1 unspecified atom stereocenters. The van der Waals surface area contributed by atoms with Gasteiger partial charge in [0.2, 0.25) is 5.91 Å². The van der Waals surface area contributed by atoms with Gasteiger partial charge >= 0.3 is 0 Å². The van der Waals surface area contributed by atoms with Crippen LogP contribution in [0.4, 0.5) is 0 Å². The molecule has 2 fully saturated rings. The van der Waals surface area contributed by atoms with Gasteiger partial charge in [0.05, 0.1) is 25.9 Å². The maximum Gasteiger partial charge on any atom is 0.234 e. The van der Waals surface area contributed by atoms with Crippen LogP contribution in [0.1, 0.15) is 12.8 Å². The van der Waals surface area contributed by atoms with Crippen LogP contribution in [0.2, 0.25) is 0 Å². The van der Waals surface area contributed by atoms with Crippen molar-refractivity contribution in [3.63, 3.8) is 0 Å². The zero-order valence-electron chi connectivity index (χ0n) is 11.3. The third kappa shape index (κ3) is 3.20. The highest BCUT2D eigenvalue weighted by Crippen LogP contribution is 2.31. The number of rotatable bonds is 4. The van der Waals surface area contributed by atoms with Gasteiger partial charge in [-0.05, 0) is 12.8 Å². The van der Waals surface area contributed by atoms with E-state index in [1.54, 1.807) is 0 Å². The van der Waals surface area contributed by atoms with E-state index in [1.807, 2.05) is 0 Å². The second-order valence-corrected chi connectivity index (χ2v) is 4.96. The predicted octanol–water partition coefficient (Wildman–Crippen LogP) is -0.939. The van der Waals surface area contributed by atoms with Gasteiger partial charge < -0.3 is 30.5 Å². The summed E-state index contributed by atoms with van der Waals surface area (Å²) in [6, 6.07) is 0. The molecule has 0 spiro atoms. The average Bonchev–Trinajstić information content (AvgIpc) is 2.53. The van der Waals surface area contributed by atoms with Crippen LogP contribution in [0.3, 0.4) is 0 Å². The Bertz CT molecular complexity index is 362. The number of ether oxygens (including phenoxy) is 3. The maximum atomic E-state index is 12.4. The molecule has 2 aliphatic rings. The molecule has 20 heavy (non-hydrogen) atoms.